The second kappa shape index (κ2) is 3.49. The van der Waals surface area contributed by atoms with Gasteiger partial charge in [0.2, 0.25) is 0 Å². The minimum absolute atomic E-state index is 0.666. The van der Waals surface area contributed by atoms with E-state index in [1.807, 2.05) is 6.20 Å². The molecule has 2 fully saturated rings. The van der Waals surface area contributed by atoms with Gasteiger partial charge in [0.1, 0.15) is 5.82 Å². The van der Waals surface area contributed by atoms with Gasteiger partial charge in [-0.1, -0.05) is 6.07 Å². The zero-order valence-corrected chi connectivity index (χ0v) is 9.11. The summed E-state index contributed by atoms with van der Waals surface area (Å²) in [6.07, 6.45) is 4.59. The molecular weight excluding hydrogens is 186 g/mol. The molecule has 0 aromatic carbocycles. The second-order valence-corrected chi connectivity index (χ2v) is 4.64. The highest BCUT2D eigenvalue weighted by Crippen LogP contribution is 2.30. The summed E-state index contributed by atoms with van der Waals surface area (Å²) in [7, 11) is 0. The highest BCUT2D eigenvalue weighted by Gasteiger charge is 2.36. The predicted octanol–water partition coefficient (Wildman–Crippen LogP) is 1.33. The maximum absolute atomic E-state index is 4.54. The summed E-state index contributed by atoms with van der Waals surface area (Å²) in [4.78, 5) is 7.05. The van der Waals surface area contributed by atoms with Crippen molar-refractivity contribution in [2.45, 2.75) is 31.8 Å². The maximum Gasteiger partial charge on any atom is 0.129 e. The summed E-state index contributed by atoms with van der Waals surface area (Å²) >= 11 is 0. The molecule has 2 saturated heterocycles. The van der Waals surface area contributed by atoms with Crippen LogP contribution in [0.15, 0.2) is 18.3 Å². The lowest BCUT2D eigenvalue weighted by Crippen LogP contribution is -2.52. The molecule has 1 aromatic heterocycles. The van der Waals surface area contributed by atoms with E-state index in [9.17, 15) is 0 Å². The van der Waals surface area contributed by atoms with Crippen LogP contribution >= 0.6 is 0 Å². The third kappa shape index (κ3) is 1.51. The van der Waals surface area contributed by atoms with Gasteiger partial charge in [0.25, 0.3) is 0 Å². The minimum Gasteiger partial charge on any atom is -0.348 e. The number of nitrogens with zero attached hydrogens (tertiary/aromatic N) is 2. The molecule has 2 unspecified atom stereocenters. The number of rotatable bonds is 1. The summed E-state index contributed by atoms with van der Waals surface area (Å²) in [5, 5.41) is 3.49. The van der Waals surface area contributed by atoms with Crippen molar-refractivity contribution in [2.24, 2.45) is 0 Å². The van der Waals surface area contributed by atoms with Crippen LogP contribution in [0, 0.1) is 6.92 Å². The molecule has 0 saturated carbocycles. The Labute approximate surface area is 90.5 Å². The van der Waals surface area contributed by atoms with Gasteiger partial charge < -0.3 is 10.2 Å². The number of anilines is 1. The molecule has 0 amide bonds. The molecule has 2 aliphatic heterocycles. The number of piperazine rings is 1. The maximum atomic E-state index is 4.54. The molecule has 0 radical (unpaired) electrons. The van der Waals surface area contributed by atoms with Crippen molar-refractivity contribution in [3.8, 4) is 0 Å². The number of hydrogen-bond donors (Lipinski definition) is 1. The molecule has 1 aromatic rings. The van der Waals surface area contributed by atoms with E-state index in [0.717, 1.165) is 18.9 Å². The summed E-state index contributed by atoms with van der Waals surface area (Å²) in [5.74, 6) is 1.16. The number of hydrogen-bond acceptors (Lipinski definition) is 3. The van der Waals surface area contributed by atoms with Gasteiger partial charge >= 0.3 is 0 Å². The predicted molar refractivity (Wildman–Crippen MR) is 61.1 cm³/mol. The molecule has 15 heavy (non-hydrogen) atoms. The SMILES string of the molecule is Cc1ccc(N2C3CCC2CNC3)nc1. The lowest BCUT2D eigenvalue weighted by atomic mass is 10.2. The van der Waals surface area contributed by atoms with Crippen LogP contribution in [0.3, 0.4) is 0 Å². The summed E-state index contributed by atoms with van der Waals surface area (Å²) in [5.41, 5.74) is 1.24. The van der Waals surface area contributed by atoms with E-state index in [-0.39, 0.29) is 0 Å². The van der Waals surface area contributed by atoms with Crippen LogP contribution in [0.4, 0.5) is 5.82 Å². The van der Waals surface area contributed by atoms with Crippen molar-refractivity contribution in [3.63, 3.8) is 0 Å². The lowest BCUT2D eigenvalue weighted by Gasteiger charge is -2.36. The molecule has 3 rings (SSSR count). The number of aryl methyl sites for hydroxylation is 1. The molecule has 0 aliphatic carbocycles. The van der Waals surface area contributed by atoms with E-state index in [1.165, 1.54) is 18.4 Å². The van der Waals surface area contributed by atoms with Crippen LogP contribution in [0.1, 0.15) is 18.4 Å². The zero-order valence-electron chi connectivity index (χ0n) is 9.11. The van der Waals surface area contributed by atoms with E-state index >= 15 is 0 Å². The molecular formula is C12H17N3. The van der Waals surface area contributed by atoms with Gasteiger partial charge in [-0.25, -0.2) is 4.98 Å². The Morgan fingerprint density at radius 3 is 2.60 bits per heavy atom. The quantitative estimate of drug-likeness (QED) is 0.746. The van der Waals surface area contributed by atoms with Crippen LogP contribution in [-0.2, 0) is 0 Å². The average molecular weight is 203 g/mol. The highest BCUT2D eigenvalue weighted by atomic mass is 15.3. The Bertz CT molecular complexity index is 330. The second-order valence-electron chi connectivity index (χ2n) is 4.64. The van der Waals surface area contributed by atoms with E-state index in [4.69, 9.17) is 0 Å². The normalized spacial score (nSPS) is 29.5. The average Bonchev–Trinajstić information content (AvgIpc) is 2.51. The lowest BCUT2D eigenvalue weighted by molar-refractivity contribution is 0.481. The van der Waals surface area contributed by atoms with Crippen LogP contribution in [0.25, 0.3) is 0 Å². The van der Waals surface area contributed by atoms with Crippen molar-refractivity contribution in [3.05, 3.63) is 23.9 Å². The third-order valence-electron chi connectivity index (χ3n) is 3.54. The highest BCUT2D eigenvalue weighted by molar-refractivity contribution is 5.44. The molecule has 2 aliphatic rings. The van der Waals surface area contributed by atoms with Gasteiger partial charge in [-0.05, 0) is 31.4 Å². The summed E-state index contributed by atoms with van der Waals surface area (Å²) in [6.45, 7) is 4.32. The number of aromatic nitrogens is 1. The smallest absolute Gasteiger partial charge is 0.129 e. The topological polar surface area (TPSA) is 28.2 Å². The van der Waals surface area contributed by atoms with E-state index in [1.54, 1.807) is 0 Å². The van der Waals surface area contributed by atoms with Crippen molar-refractivity contribution in [1.29, 1.82) is 0 Å². The fourth-order valence-electron chi connectivity index (χ4n) is 2.77. The largest absolute Gasteiger partial charge is 0.348 e. The minimum atomic E-state index is 0.666. The molecule has 0 spiro atoms. The van der Waals surface area contributed by atoms with Gasteiger partial charge in [0.15, 0.2) is 0 Å². The Hall–Kier alpha value is -1.09. The van der Waals surface area contributed by atoms with Gasteiger partial charge in [-0.3, -0.25) is 0 Å². The molecule has 1 N–H and O–H groups in total. The molecule has 3 heterocycles. The Morgan fingerprint density at radius 2 is 2.00 bits per heavy atom. The molecule has 3 nitrogen and oxygen atoms in total. The van der Waals surface area contributed by atoms with Gasteiger partial charge in [0.05, 0.1) is 0 Å². The molecule has 2 bridgehead atoms. The zero-order chi connectivity index (χ0) is 10.3. The Morgan fingerprint density at radius 1 is 1.27 bits per heavy atom. The summed E-state index contributed by atoms with van der Waals surface area (Å²) < 4.78 is 0. The fourth-order valence-corrected chi connectivity index (χ4v) is 2.77. The summed E-state index contributed by atoms with van der Waals surface area (Å²) in [6, 6.07) is 5.65. The first kappa shape index (κ1) is 9.16. The number of fused-ring (bicyclic) bond motifs is 2. The van der Waals surface area contributed by atoms with E-state index < -0.39 is 0 Å². The van der Waals surface area contributed by atoms with Crippen molar-refractivity contribution >= 4 is 5.82 Å². The monoisotopic (exact) mass is 203 g/mol. The Kier molecular flexibility index (Phi) is 2.13. The number of nitrogens with one attached hydrogen (secondary N) is 1. The number of pyridine rings is 1. The first-order chi connectivity index (χ1) is 7.34. The van der Waals surface area contributed by atoms with Crippen molar-refractivity contribution in [2.75, 3.05) is 18.0 Å². The van der Waals surface area contributed by atoms with E-state index in [0.29, 0.717) is 12.1 Å². The fraction of sp³-hybridized carbons (Fsp3) is 0.583. The van der Waals surface area contributed by atoms with Gasteiger partial charge in [-0.2, -0.15) is 0 Å². The standard InChI is InChI=1S/C12H17N3/c1-9-2-5-12(14-6-9)15-10-3-4-11(15)8-13-7-10/h2,5-6,10-11,13H,3-4,7-8H2,1H3. The van der Waals surface area contributed by atoms with Crippen molar-refractivity contribution < 1.29 is 0 Å². The van der Waals surface area contributed by atoms with Gasteiger partial charge in [-0.15, -0.1) is 0 Å². The van der Waals surface area contributed by atoms with Crippen LogP contribution in [0.2, 0.25) is 0 Å². The first-order valence-corrected chi connectivity index (χ1v) is 5.76. The van der Waals surface area contributed by atoms with Crippen LogP contribution in [-0.4, -0.2) is 30.2 Å². The molecule has 80 valence electrons. The van der Waals surface area contributed by atoms with Crippen LogP contribution in [0.5, 0.6) is 0 Å². The molecule has 3 heteroatoms. The van der Waals surface area contributed by atoms with Crippen molar-refractivity contribution in [1.82, 2.24) is 10.3 Å². The van der Waals surface area contributed by atoms with Crippen LogP contribution < -0.4 is 10.2 Å². The first-order valence-electron chi connectivity index (χ1n) is 5.76. The van der Waals surface area contributed by atoms with Gasteiger partial charge in [0, 0.05) is 31.4 Å². The Balaban J connectivity index is 1.90. The third-order valence-corrected chi connectivity index (χ3v) is 3.54. The van der Waals surface area contributed by atoms with E-state index in [2.05, 4.69) is 34.3 Å². The molecule has 2 atom stereocenters.